The van der Waals surface area contributed by atoms with Crippen LogP contribution in [0.4, 0.5) is 0 Å². The third-order valence-electron chi connectivity index (χ3n) is 3.12. The first kappa shape index (κ1) is 11.4. The molecule has 1 aliphatic carbocycles. The number of rotatable bonds is 2. The standard InChI is InChI=1S/C13H21N3/c1-13(2)8-10(6-11(14)9-13)7-12-4-5-16(3)15-12/h4-6,11H,7-9,14H2,1-3H3. The Kier molecular flexibility index (Phi) is 2.89. The molecule has 0 aromatic carbocycles. The molecule has 0 fully saturated rings. The lowest BCUT2D eigenvalue weighted by atomic mass is 9.74. The summed E-state index contributed by atoms with van der Waals surface area (Å²) in [6, 6.07) is 2.29. The van der Waals surface area contributed by atoms with Crippen LogP contribution in [-0.2, 0) is 13.5 Å². The van der Waals surface area contributed by atoms with E-state index < -0.39 is 0 Å². The van der Waals surface area contributed by atoms with Gasteiger partial charge in [0.15, 0.2) is 0 Å². The van der Waals surface area contributed by atoms with E-state index in [1.807, 2.05) is 17.9 Å². The molecule has 1 aromatic heterocycles. The van der Waals surface area contributed by atoms with Crippen molar-refractivity contribution in [2.45, 2.75) is 39.2 Å². The minimum absolute atomic E-state index is 0.211. The highest BCUT2D eigenvalue weighted by atomic mass is 15.2. The first-order valence-corrected chi connectivity index (χ1v) is 5.88. The molecule has 0 bridgehead atoms. The number of hydrogen-bond donors (Lipinski definition) is 1. The van der Waals surface area contributed by atoms with Crippen LogP contribution < -0.4 is 5.73 Å². The Balaban J connectivity index is 2.10. The minimum Gasteiger partial charge on any atom is -0.324 e. The van der Waals surface area contributed by atoms with Crippen LogP contribution in [0.5, 0.6) is 0 Å². The van der Waals surface area contributed by atoms with Crippen LogP contribution in [-0.4, -0.2) is 15.8 Å². The molecule has 88 valence electrons. The summed E-state index contributed by atoms with van der Waals surface area (Å²) in [6.07, 6.45) is 7.37. The topological polar surface area (TPSA) is 43.8 Å². The second-order valence-corrected chi connectivity index (χ2v) is 5.69. The van der Waals surface area contributed by atoms with Crippen molar-refractivity contribution in [1.29, 1.82) is 0 Å². The molecular weight excluding hydrogens is 198 g/mol. The summed E-state index contributed by atoms with van der Waals surface area (Å²) >= 11 is 0. The molecule has 1 heterocycles. The first-order chi connectivity index (χ1) is 7.44. The van der Waals surface area contributed by atoms with Crippen LogP contribution >= 0.6 is 0 Å². The van der Waals surface area contributed by atoms with E-state index in [1.54, 1.807) is 0 Å². The predicted molar refractivity (Wildman–Crippen MR) is 66.0 cm³/mol. The van der Waals surface area contributed by atoms with Gasteiger partial charge in [-0.3, -0.25) is 4.68 Å². The molecule has 1 aromatic rings. The van der Waals surface area contributed by atoms with Crippen molar-refractivity contribution in [2.24, 2.45) is 18.2 Å². The predicted octanol–water partition coefficient (Wildman–Crippen LogP) is 2.04. The van der Waals surface area contributed by atoms with Crippen LogP contribution in [0.1, 0.15) is 32.4 Å². The van der Waals surface area contributed by atoms with Crippen molar-refractivity contribution >= 4 is 0 Å². The molecule has 0 saturated heterocycles. The van der Waals surface area contributed by atoms with E-state index in [4.69, 9.17) is 5.73 Å². The molecular formula is C13H21N3. The Morgan fingerprint density at radius 2 is 2.31 bits per heavy atom. The van der Waals surface area contributed by atoms with Crippen LogP contribution in [0.15, 0.2) is 23.9 Å². The van der Waals surface area contributed by atoms with Gasteiger partial charge in [0, 0.05) is 25.7 Å². The van der Waals surface area contributed by atoms with Crippen molar-refractivity contribution in [3.63, 3.8) is 0 Å². The summed E-state index contributed by atoms with van der Waals surface area (Å²) < 4.78 is 1.85. The normalized spacial score (nSPS) is 24.2. The number of hydrogen-bond acceptors (Lipinski definition) is 2. The molecule has 0 aliphatic heterocycles. The summed E-state index contributed by atoms with van der Waals surface area (Å²) in [4.78, 5) is 0. The number of nitrogens with two attached hydrogens (primary N) is 1. The van der Waals surface area contributed by atoms with Crippen molar-refractivity contribution < 1.29 is 0 Å². The Morgan fingerprint density at radius 1 is 1.56 bits per heavy atom. The summed E-state index contributed by atoms with van der Waals surface area (Å²) in [6.45, 7) is 4.58. The zero-order valence-electron chi connectivity index (χ0n) is 10.4. The Labute approximate surface area is 97.3 Å². The van der Waals surface area contributed by atoms with E-state index >= 15 is 0 Å². The molecule has 0 spiro atoms. The maximum absolute atomic E-state index is 6.06. The van der Waals surface area contributed by atoms with Gasteiger partial charge >= 0.3 is 0 Å². The summed E-state index contributed by atoms with van der Waals surface area (Å²) in [5, 5.41) is 4.41. The molecule has 1 unspecified atom stereocenters. The zero-order valence-corrected chi connectivity index (χ0v) is 10.4. The molecule has 0 radical (unpaired) electrons. The molecule has 0 amide bonds. The van der Waals surface area contributed by atoms with Crippen LogP contribution in [0.3, 0.4) is 0 Å². The highest BCUT2D eigenvalue weighted by Crippen LogP contribution is 2.35. The van der Waals surface area contributed by atoms with Gasteiger partial charge < -0.3 is 5.73 Å². The fourth-order valence-corrected chi connectivity index (χ4v) is 2.66. The van der Waals surface area contributed by atoms with Crippen molar-refractivity contribution in [1.82, 2.24) is 9.78 Å². The van der Waals surface area contributed by atoms with Crippen molar-refractivity contribution in [3.8, 4) is 0 Å². The van der Waals surface area contributed by atoms with E-state index in [0.29, 0.717) is 5.41 Å². The molecule has 1 atom stereocenters. The van der Waals surface area contributed by atoms with Gasteiger partial charge in [-0.05, 0) is 24.3 Å². The lowest BCUT2D eigenvalue weighted by Crippen LogP contribution is -2.31. The average molecular weight is 219 g/mol. The van der Waals surface area contributed by atoms with Crippen molar-refractivity contribution in [3.05, 3.63) is 29.6 Å². The Morgan fingerprint density at radius 3 is 2.88 bits per heavy atom. The van der Waals surface area contributed by atoms with E-state index in [1.165, 1.54) is 5.57 Å². The highest BCUT2D eigenvalue weighted by Gasteiger charge is 2.26. The highest BCUT2D eigenvalue weighted by molar-refractivity contribution is 5.20. The van der Waals surface area contributed by atoms with Gasteiger partial charge in [0.05, 0.1) is 5.69 Å². The van der Waals surface area contributed by atoms with Gasteiger partial charge in [0.25, 0.3) is 0 Å². The number of nitrogens with zero attached hydrogens (tertiary/aromatic N) is 2. The minimum atomic E-state index is 0.211. The molecule has 3 heteroatoms. The van der Waals surface area contributed by atoms with Gasteiger partial charge in [-0.15, -0.1) is 0 Å². The summed E-state index contributed by atoms with van der Waals surface area (Å²) in [5.74, 6) is 0. The van der Waals surface area contributed by atoms with E-state index in [0.717, 1.165) is 25.0 Å². The largest absolute Gasteiger partial charge is 0.324 e. The number of aromatic nitrogens is 2. The summed E-state index contributed by atoms with van der Waals surface area (Å²) in [7, 11) is 1.95. The quantitative estimate of drug-likeness (QED) is 0.773. The number of aryl methyl sites for hydroxylation is 1. The van der Waals surface area contributed by atoms with Crippen LogP contribution in [0.2, 0.25) is 0 Å². The molecule has 0 saturated carbocycles. The van der Waals surface area contributed by atoms with E-state index in [2.05, 4.69) is 31.1 Å². The zero-order chi connectivity index (χ0) is 11.8. The molecule has 2 rings (SSSR count). The third-order valence-corrected chi connectivity index (χ3v) is 3.12. The number of allylic oxidation sites excluding steroid dienone is 1. The Hall–Kier alpha value is -1.09. The Bertz CT molecular complexity index is 401. The molecule has 16 heavy (non-hydrogen) atoms. The van der Waals surface area contributed by atoms with Crippen LogP contribution in [0.25, 0.3) is 0 Å². The average Bonchev–Trinajstić information content (AvgIpc) is 2.46. The lowest BCUT2D eigenvalue weighted by Gasteiger charge is -2.33. The fraction of sp³-hybridized carbons (Fsp3) is 0.615. The SMILES string of the molecule is Cn1ccc(CC2=CC(N)CC(C)(C)C2)n1. The van der Waals surface area contributed by atoms with Gasteiger partial charge in [-0.25, -0.2) is 0 Å². The summed E-state index contributed by atoms with van der Waals surface area (Å²) in [5.41, 5.74) is 8.96. The van der Waals surface area contributed by atoms with Gasteiger partial charge in [0.1, 0.15) is 0 Å². The monoisotopic (exact) mass is 219 g/mol. The molecule has 2 N–H and O–H groups in total. The second-order valence-electron chi connectivity index (χ2n) is 5.69. The lowest BCUT2D eigenvalue weighted by molar-refractivity contribution is 0.299. The third kappa shape index (κ3) is 2.73. The van der Waals surface area contributed by atoms with Crippen molar-refractivity contribution in [2.75, 3.05) is 0 Å². The smallest absolute Gasteiger partial charge is 0.0664 e. The van der Waals surface area contributed by atoms with Gasteiger partial charge in [-0.2, -0.15) is 5.10 Å². The first-order valence-electron chi connectivity index (χ1n) is 5.88. The fourth-order valence-electron chi connectivity index (χ4n) is 2.66. The van der Waals surface area contributed by atoms with E-state index in [9.17, 15) is 0 Å². The molecule has 3 nitrogen and oxygen atoms in total. The maximum atomic E-state index is 6.06. The van der Waals surface area contributed by atoms with Gasteiger partial charge in [0.2, 0.25) is 0 Å². The van der Waals surface area contributed by atoms with Gasteiger partial charge in [-0.1, -0.05) is 25.5 Å². The van der Waals surface area contributed by atoms with Crippen LogP contribution in [0, 0.1) is 5.41 Å². The van der Waals surface area contributed by atoms with E-state index in [-0.39, 0.29) is 6.04 Å². The second kappa shape index (κ2) is 4.06. The maximum Gasteiger partial charge on any atom is 0.0664 e. The molecule has 1 aliphatic rings.